The first-order chi connectivity index (χ1) is 13.8. The summed E-state index contributed by atoms with van der Waals surface area (Å²) in [6, 6.07) is 5.58. The van der Waals surface area contributed by atoms with Crippen molar-refractivity contribution in [2.45, 2.75) is 51.7 Å². The molecule has 1 heterocycles. The number of rotatable bonds is 7. The number of nitrogens with one attached hydrogen (secondary N) is 2. The minimum absolute atomic E-state index is 0.0830. The van der Waals surface area contributed by atoms with Crippen molar-refractivity contribution < 1.29 is 14.7 Å². The molecule has 1 aliphatic carbocycles. The van der Waals surface area contributed by atoms with E-state index in [4.69, 9.17) is 0 Å². The van der Waals surface area contributed by atoms with E-state index in [1.165, 1.54) is 0 Å². The van der Waals surface area contributed by atoms with Gasteiger partial charge in [0.1, 0.15) is 0 Å². The summed E-state index contributed by atoms with van der Waals surface area (Å²) in [7, 11) is 1.82. The SMILES string of the molecule is Cc1ccc(C(=O)NC2CC2)cc1NC(=O)N(C)CC1CCN(C[C@@H](C)O)CC1. The number of benzene rings is 1. The van der Waals surface area contributed by atoms with Crippen molar-refractivity contribution in [1.82, 2.24) is 15.1 Å². The molecule has 2 fully saturated rings. The van der Waals surface area contributed by atoms with Crippen LogP contribution in [0.15, 0.2) is 18.2 Å². The van der Waals surface area contributed by atoms with Gasteiger partial charge in [-0.25, -0.2) is 4.79 Å². The van der Waals surface area contributed by atoms with Crippen LogP contribution in [0.2, 0.25) is 0 Å². The normalized spacial score (nSPS) is 18.9. The minimum atomic E-state index is -0.301. The highest BCUT2D eigenvalue weighted by Gasteiger charge is 2.25. The van der Waals surface area contributed by atoms with Gasteiger partial charge in [-0.3, -0.25) is 4.79 Å². The summed E-state index contributed by atoms with van der Waals surface area (Å²) in [5, 5.41) is 15.5. The molecule has 0 radical (unpaired) electrons. The van der Waals surface area contributed by atoms with E-state index in [9.17, 15) is 14.7 Å². The molecule has 2 aliphatic rings. The van der Waals surface area contributed by atoms with Gasteiger partial charge in [0.25, 0.3) is 5.91 Å². The molecule has 0 aromatic heterocycles. The number of nitrogens with zero attached hydrogens (tertiary/aromatic N) is 2. The summed E-state index contributed by atoms with van der Waals surface area (Å²) < 4.78 is 0. The zero-order valence-electron chi connectivity index (χ0n) is 17.8. The number of piperidine rings is 1. The van der Waals surface area contributed by atoms with Crippen molar-refractivity contribution >= 4 is 17.6 Å². The van der Waals surface area contributed by atoms with E-state index >= 15 is 0 Å². The van der Waals surface area contributed by atoms with Crippen molar-refractivity contribution in [3.8, 4) is 0 Å². The molecule has 1 aromatic carbocycles. The van der Waals surface area contributed by atoms with Crippen LogP contribution in [0.1, 0.15) is 48.5 Å². The average molecular weight is 403 g/mol. The van der Waals surface area contributed by atoms with Crippen LogP contribution in [0.25, 0.3) is 0 Å². The van der Waals surface area contributed by atoms with Crippen molar-refractivity contribution in [1.29, 1.82) is 0 Å². The number of anilines is 1. The zero-order chi connectivity index (χ0) is 21.0. The number of amides is 3. The zero-order valence-corrected chi connectivity index (χ0v) is 17.8. The minimum Gasteiger partial charge on any atom is -0.392 e. The quantitative estimate of drug-likeness (QED) is 0.654. The lowest BCUT2D eigenvalue weighted by molar-refractivity contribution is 0.0946. The molecule has 7 nitrogen and oxygen atoms in total. The predicted molar refractivity (Wildman–Crippen MR) is 114 cm³/mol. The molecule has 0 spiro atoms. The van der Waals surface area contributed by atoms with Crippen LogP contribution in [0.3, 0.4) is 0 Å². The van der Waals surface area contributed by atoms with Crippen LogP contribution >= 0.6 is 0 Å². The Hall–Kier alpha value is -2.12. The maximum Gasteiger partial charge on any atom is 0.321 e. The van der Waals surface area contributed by atoms with Gasteiger partial charge in [0, 0.05) is 37.4 Å². The number of likely N-dealkylation sites (tertiary alicyclic amines) is 1. The molecule has 1 saturated heterocycles. The molecule has 1 aliphatic heterocycles. The molecule has 1 saturated carbocycles. The third kappa shape index (κ3) is 6.44. The molecule has 3 N–H and O–H groups in total. The highest BCUT2D eigenvalue weighted by molar-refractivity contribution is 5.97. The van der Waals surface area contributed by atoms with Crippen LogP contribution < -0.4 is 10.6 Å². The lowest BCUT2D eigenvalue weighted by Gasteiger charge is -2.34. The van der Waals surface area contributed by atoms with Crippen molar-refractivity contribution in [2.24, 2.45) is 5.92 Å². The monoisotopic (exact) mass is 402 g/mol. The number of aliphatic hydroxyl groups is 1. The first-order valence-electron chi connectivity index (χ1n) is 10.7. The fraction of sp³-hybridized carbons (Fsp3) is 0.636. The summed E-state index contributed by atoms with van der Waals surface area (Å²) >= 11 is 0. The van der Waals surface area contributed by atoms with Gasteiger partial charge in [-0.1, -0.05) is 6.07 Å². The van der Waals surface area contributed by atoms with E-state index in [1.807, 2.05) is 27.0 Å². The number of carbonyl (C=O) groups excluding carboxylic acids is 2. The van der Waals surface area contributed by atoms with Crippen molar-refractivity contribution in [2.75, 3.05) is 38.5 Å². The number of β-amino-alcohol motifs (C(OH)–C–C–N with tert-alkyl or cyclic N) is 1. The first-order valence-corrected chi connectivity index (χ1v) is 10.7. The van der Waals surface area contributed by atoms with Crippen LogP contribution in [-0.2, 0) is 0 Å². The van der Waals surface area contributed by atoms with Gasteiger partial charge in [-0.05, 0) is 76.2 Å². The first kappa shape index (κ1) is 21.6. The topological polar surface area (TPSA) is 84.9 Å². The largest absolute Gasteiger partial charge is 0.392 e. The van der Waals surface area contributed by atoms with E-state index in [0.29, 0.717) is 36.3 Å². The molecule has 0 bridgehead atoms. The van der Waals surface area contributed by atoms with Crippen LogP contribution in [0.4, 0.5) is 10.5 Å². The number of urea groups is 1. The maximum absolute atomic E-state index is 12.7. The standard InChI is InChI=1S/C22H34N4O3/c1-15-4-5-18(21(28)23-19-6-7-19)12-20(15)24-22(29)25(3)14-17-8-10-26(11-9-17)13-16(2)27/h4-5,12,16-17,19,27H,6-11,13-14H2,1-3H3,(H,23,28)(H,24,29)/t16-/m1/s1. The van der Waals surface area contributed by atoms with Gasteiger partial charge in [0.2, 0.25) is 0 Å². The van der Waals surface area contributed by atoms with E-state index in [1.54, 1.807) is 17.0 Å². The van der Waals surface area contributed by atoms with E-state index in [0.717, 1.165) is 44.3 Å². The number of hydrogen-bond acceptors (Lipinski definition) is 4. The Labute approximate surface area is 173 Å². The Morgan fingerprint density at radius 3 is 2.55 bits per heavy atom. The van der Waals surface area contributed by atoms with Crippen molar-refractivity contribution in [3.05, 3.63) is 29.3 Å². The molecule has 29 heavy (non-hydrogen) atoms. The van der Waals surface area contributed by atoms with E-state index in [2.05, 4.69) is 15.5 Å². The predicted octanol–water partition coefficient (Wildman–Crippen LogP) is 2.44. The molecule has 0 unspecified atom stereocenters. The Bertz CT molecular complexity index is 725. The number of aliphatic hydroxyl groups excluding tert-OH is 1. The van der Waals surface area contributed by atoms with Gasteiger partial charge in [0.05, 0.1) is 6.10 Å². The second-order valence-corrected chi connectivity index (χ2v) is 8.68. The van der Waals surface area contributed by atoms with Gasteiger partial charge in [0.15, 0.2) is 0 Å². The van der Waals surface area contributed by atoms with Crippen molar-refractivity contribution in [3.63, 3.8) is 0 Å². The van der Waals surface area contributed by atoms with E-state index in [-0.39, 0.29) is 18.0 Å². The summed E-state index contributed by atoms with van der Waals surface area (Å²) in [4.78, 5) is 29.0. The lowest BCUT2D eigenvalue weighted by Crippen LogP contribution is -2.42. The summed E-state index contributed by atoms with van der Waals surface area (Å²) in [6.45, 7) is 7.08. The number of hydrogen-bond donors (Lipinski definition) is 3. The van der Waals surface area contributed by atoms with Gasteiger partial charge < -0.3 is 25.5 Å². The van der Waals surface area contributed by atoms with E-state index < -0.39 is 0 Å². The molecular formula is C22H34N4O3. The number of aryl methyl sites for hydroxylation is 1. The third-order valence-corrected chi connectivity index (χ3v) is 5.76. The fourth-order valence-electron chi connectivity index (χ4n) is 3.80. The molecule has 3 amide bonds. The maximum atomic E-state index is 12.7. The van der Waals surface area contributed by atoms with Gasteiger partial charge >= 0.3 is 6.03 Å². The Kier molecular flexibility index (Phi) is 7.14. The third-order valence-electron chi connectivity index (χ3n) is 5.76. The van der Waals surface area contributed by atoms with Crippen LogP contribution in [-0.4, -0.2) is 72.2 Å². The molecule has 160 valence electrons. The Morgan fingerprint density at radius 2 is 1.93 bits per heavy atom. The van der Waals surface area contributed by atoms with Crippen LogP contribution in [0, 0.1) is 12.8 Å². The number of carbonyl (C=O) groups is 2. The lowest BCUT2D eigenvalue weighted by atomic mass is 9.96. The molecule has 3 rings (SSSR count). The summed E-state index contributed by atoms with van der Waals surface area (Å²) in [6.07, 6.45) is 3.85. The van der Waals surface area contributed by atoms with Gasteiger partial charge in [-0.15, -0.1) is 0 Å². The second kappa shape index (κ2) is 9.59. The molecule has 1 atom stereocenters. The second-order valence-electron chi connectivity index (χ2n) is 8.68. The molecule has 7 heteroatoms. The highest BCUT2D eigenvalue weighted by Crippen LogP contribution is 2.22. The smallest absolute Gasteiger partial charge is 0.321 e. The highest BCUT2D eigenvalue weighted by atomic mass is 16.3. The Balaban J connectivity index is 1.51. The Morgan fingerprint density at radius 1 is 1.24 bits per heavy atom. The van der Waals surface area contributed by atoms with Crippen LogP contribution in [0.5, 0.6) is 0 Å². The fourth-order valence-corrected chi connectivity index (χ4v) is 3.80. The average Bonchev–Trinajstić information content (AvgIpc) is 3.48. The molecular weight excluding hydrogens is 368 g/mol. The summed E-state index contributed by atoms with van der Waals surface area (Å²) in [5.74, 6) is 0.382. The summed E-state index contributed by atoms with van der Waals surface area (Å²) in [5.41, 5.74) is 2.18. The van der Waals surface area contributed by atoms with Gasteiger partial charge in [-0.2, -0.15) is 0 Å². The molecule has 1 aromatic rings.